The number of halogens is 2. The van der Waals surface area contributed by atoms with Gasteiger partial charge in [-0.05, 0) is 61.9 Å². The molecule has 2 heterocycles. The van der Waals surface area contributed by atoms with E-state index in [1.165, 1.54) is 36.4 Å². The maximum atomic E-state index is 14.1. The van der Waals surface area contributed by atoms with Crippen molar-refractivity contribution in [2.75, 3.05) is 0 Å². The Morgan fingerprint density at radius 1 is 0.630 bits per heavy atom. The van der Waals surface area contributed by atoms with Crippen LogP contribution in [-0.4, -0.2) is 43.9 Å². The monoisotopic (exact) mass is 736 g/mol. The summed E-state index contributed by atoms with van der Waals surface area (Å²) < 4.78 is 38.7. The number of aromatic nitrogens is 2. The number of nitrogens with one attached hydrogen (secondary N) is 2. The SMILES string of the molecule is Cc1oc(-c2ccccc2)nc1C(=O)N[C@@H](CC(=O)O)c1cccc(F)c1.Cc1oc(-c2ccccc2)nc1C(=O)N[C@@H](CC(=O)O)c1ccccc1F. The van der Waals surface area contributed by atoms with Gasteiger partial charge in [0.2, 0.25) is 11.8 Å². The molecule has 6 rings (SSSR count). The minimum atomic E-state index is -1.16. The third-order valence-electron chi connectivity index (χ3n) is 7.96. The number of hydrogen-bond donors (Lipinski definition) is 4. The number of carboxylic acids is 2. The van der Waals surface area contributed by atoms with Crippen molar-refractivity contribution in [1.29, 1.82) is 0 Å². The largest absolute Gasteiger partial charge is 0.481 e. The van der Waals surface area contributed by atoms with Crippen LogP contribution in [0.3, 0.4) is 0 Å². The van der Waals surface area contributed by atoms with Gasteiger partial charge in [-0.2, -0.15) is 0 Å². The highest BCUT2D eigenvalue weighted by atomic mass is 19.1. The molecule has 54 heavy (non-hydrogen) atoms. The van der Waals surface area contributed by atoms with Crippen molar-refractivity contribution in [1.82, 2.24) is 20.6 Å². The first kappa shape index (κ1) is 38.3. The number of carbonyl (C=O) groups is 4. The van der Waals surface area contributed by atoms with Crippen molar-refractivity contribution in [2.45, 2.75) is 38.8 Å². The number of hydrogen-bond acceptors (Lipinski definition) is 8. The number of nitrogens with zero attached hydrogens (tertiary/aromatic N) is 2. The van der Waals surface area contributed by atoms with Crippen LogP contribution < -0.4 is 10.6 Å². The van der Waals surface area contributed by atoms with Gasteiger partial charge in [-0.3, -0.25) is 19.2 Å². The maximum absolute atomic E-state index is 14.1. The summed E-state index contributed by atoms with van der Waals surface area (Å²) in [5.74, 6) is -3.45. The molecule has 0 saturated heterocycles. The zero-order valence-electron chi connectivity index (χ0n) is 29.0. The van der Waals surface area contributed by atoms with Crippen LogP contribution in [0.1, 0.15) is 68.5 Å². The van der Waals surface area contributed by atoms with Crippen molar-refractivity contribution in [2.24, 2.45) is 0 Å². The van der Waals surface area contributed by atoms with Crippen molar-refractivity contribution in [3.63, 3.8) is 0 Å². The number of amides is 2. The van der Waals surface area contributed by atoms with Crippen LogP contribution in [0.4, 0.5) is 8.78 Å². The second-order valence-electron chi connectivity index (χ2n) is 11.9. The zero-order valence-corrected chi connectivity index (χ0v) is 29.0. The molecule has 2 aromatic heterocycles. The molecule has 276 valence electrons. The van der Waals surface area contributed by atoms with Crippen LogP contribution in [0, 0.1) is 25.5 Å². The molecule has 0 bridgehead atoms. The summed E-state index contributed by atoms with van der Waals surface area (Å²) in [7, 11) is 0. The number of aryl methyl sites for hydroxylation is 2. The number of aliphatic carboxylic acids is 2. The van der Waals surface area contributed by atoms with Crippen LogP contribution in [0.5, 0.6) is 0 Å². The molecule has 0 spiro atoms. The number of carboxylic acid groups (broad SMARTS) is 2. The van der Waals surface area contributed by atoms with Crippen LogP contribution >= 0.6 is 0 Å². The second-order valence-corrected chi connectivity index (χ2v) is 11.9. The van der Waals surface area contributed by atoms with Gasteiger partial charge in [-0.1, -0.05) is 66.7 Å². The standard InChI is InChI=1S/2C20H17FN2O4/c1-12-18(23-20(27-12)13-7-3-2-4-8-13)19(26)22-16(11-17(24)25)14-9-5-6-10-15(14)21;1-12-18(23-20(27-12)13-6-3-2-4-7-13)19(26)22-16(11-17(24)25)14-8-5-9-15(21)10-14/h2*2-10,16H,11H2,1H3,(H,22,26)(H,24,25)/t2*16-/m00/s1. The van der Waals surface area contributed by atoms with Crippen molar-refractivity contribution >= 4 is 23.8 Å². The molecule has 0 unspecified atom stereocenters. The first-order valence-electron chi connectivity index (χ1n) is 16.5. The van der Waals surface area contributed by atoms with Gasteiger partial charge in [0.05, 0.1) is 24.9 Å². The molecule has 0 radical (unpaired) electrons. The fraction of sp³-hybridized carbons (Fsp3) is 0.150. The minimum Gasteiger partial charge on any atom is -0.481 e. The van der Waals surface area contributed by atoms with Crippen molar-refractivity contribution < 1.29 is 47.0 Å². The lowest BCUT2D eigenvalue weighted by Crippen LogP contribution is -2.31. The Kier molecular flexibility index (Phi) is 12.4. The van der Waals surface area contributed by atoms with Gasteiger partial charge in [-0.25, -0.2) is 18.7 Å². The van der Waals surface area contributed by atoms with E-state index in [4.69, 9.17) is 19.0 Å². The Hall–Kier alpha value is -6.96. The molecule has 0 fully saturated rings. The second kappa shape index (κ2) is 17.5. The van der Waals surface area contributed by atoms with Gasteiger partial charge in [-0.15, -0.1) is 0 Å². The average molecular weight is 737 g/mol. The van der Waals surface area contributed by atoms with Gasteiger partial charge in [0.15, 0.2) is 11.4 Å². The van der Waals surface area contributed by atoms with E-state index in [-0.39, 0.29) is 28.6 Å². The lowest BCUT2D eigenvalue weighted by molar-refractivity contribution is -0.138. The molecule has 4 N–H and O–H groups in total. The highest BCUT2D eigenvalue weighted by Crippen LogP contribution is 2.26. The lowest BCUT2D eigenvalue weighted by Gasteiger charge is -2.17. The fourth-order valence-electron chi connectivity index (χ4n) is 5.40. The third-order valence-corrected chi connectivity index (χ3v) is 7.96. The average Bonchev–Trinajstić information content (AvgIpc) is 3.74. The molecular weight excluding hydrogens is 702 g/mol. The van der Waals surface area contributed by atoms with Crippen LogP contribution in [0.15, 0.2) is 118 Å². The molecule has 2 atom stereocenters. The molecule has 14 heteroatoms. The van der Waals surface area contributed by atoms with E-state index >= 15 is 0 Å². The maximum Gasteiger partial charge on any atom is 0.305 e. The molecule has 4 aromatic carbocycles. The molecule has 0 aliphatic rings. The topological polar surface area (TPSA) is 185 Å². The number of benzene rings is 4. The summed E-state index contributed by atoms with van der Waals surface area (Å²) in [5, 5.41) is 23.4. The smallest absolute Gasteiger partial charge is 0.305 e. The summed E-state index contributed by atoms with van der Waals surface area (Å²) in [6.45, 7) is 3.19. The summed E-state index contributed by atoms with van der Waals surface area (Å²) in [4.78, 5) is 56.0. The van der Waals surface area contributed by atoms with E-state index in [1.54, 1.807) is 50.2 Å². The summed E-state index contributed by atoms with van der Waals surface area (Å²) in [6.07, 6.45) is -0.854. The predicted octanol–water partition coefficient (Wildman–Crippen LogP) is 7.47. The molecule has 0 aliphatic carbocycles. The van der Waals surface area contributed by atoms with Gasteiger partial charge in [0.1, 0.15) is 23.2 Å². The van der Waals surface area contributed by atoms with E-state index in [0.717, 1.165) is 0 Å². The molecule has 0 saturated carbocycles. The fourth-order valence-corrected chi connectivity index (χ4v) is 5.40. The molecule has 12 nitrogen and oxygen atoms in total. The zero-order chi connectivity index (χ0) is 38.8. The van der Waals surface area contributed by atoms with E-state index in [1.807, 2.05) is 36.4 Å². The normalized spacial score (nSPS) is 11.8. The quantitative estimate of drug-likeness (QED) is 0.0983. The molecule has 6 aromatic rings. The molecule has 0 aliphatic heterocycles. The van der Waals surface area contributed by atoms with E-state index < -0.39 is 60.3 Å². The van der Waals surface area contributed by atoms with Crippen LogP contribution in [0.2, 0.25) is 0 Å². The van der Waals surface area contributed by atoms with E-state index in [2.05, 4.69) is 20.6 Å². The predicted molar refractivity (Wildman–Crippen MR) is 191 cm³/mol. The Labute approximate surface area is 307 Å². The Bertz CT molecular complexity index is 2260. The van der Waals surface area contributed by atoms with E-state index in [0.29, 0.717) is 28.3 Å². The Balaban J connectivity index is 0.000000208. The highest BCUT2D eigenvalue weighted by Gasteiger charge is 2.26. The lowest BCUT2D eigenvalue weighted by atomic mass is 10.0. The highest BCUT2D eigenvalue weighted by molar-refractivity contribution is 5.95. The molecule has 2 amide bonds. The Morgan fingerprint density at radius 2 is 1.09 bits per heavy atom. The summed E-state index contributed by atoms with van der Waals surface area (Å²) in [6, 6.07) is 27.4. The summed E-state index contributed by atoms with van der Waals surface area (Å²) in [5.41, 5.74) is 1.96. The van der Waals surface area contributed by atoms with E-state index in [9.17, 15) is 28.0 Å². The van der Waals surface area contributed by atoms with Gasteiger partial charge in [0, 0.05) is 16.7 Å². The van der Waals surface area contributed by atoms with Crippen LogP contribution in [-0.2, 0) is 9.59 Å². The van der Waals surface area contributed by atoms with Gasteiger partial charge >= 0.3 is 11.9 Å². The Morgan fingerprint density at radius 3 is 1.57 bits per heavy atom. The van der Waals surface area contributed by atoms with Crippen LogP contribution in [0.25, 0.3) is 22.9 Å². The first-order chi connectivity index (χ1) is 25.9. The molecular formula is C40H34F2N4O8. The third kappa shape index (κ3) is 9.88. The number of oxazole rings is 2. The van der Waals surface area contributed by atoms with Gasteiger partial charge in [0.25, 0.3) is 11.8 Å². The van der Waals surface area contributed by atoms with Gasteiger partial charge < -0.3 is 29.7 Å². The first-order valence-corrected chi connectivity index (χ1v) is 16.5. The number of carbonyl (C=O) groups excluding carboxylic acids is 2. The number of rotatable bonds is 12. The summed E-state index contributed by atoms with van der Waals surface area (Å²) >= 11 is 0. The van der Waals surface area contributed by atoms with Crippen molar-refractivity contribution in [3.8, 4) is 22.9 Å². The van der Waals surface area contributed by atoms with Crippen molar-refractivity contribution in [3.05, 3.63) is 155 Å². The minimum absolute atomic E-state index is 0.0283.